The Labute approximate surface area is 133 Å². The maximum atomic E-state index is 11.0. The molecule has 2 unspecified atom stereocenters. The molecule has 120 valence electrons. The van der Waals surface area contributed by atoms with Gasteiger partial charge in [-0.25, -0.2) is 0 Å². The molecule has 0 aliphatic heterocycles. The van der Waals surface area contributed by atoms with Gasteiger partial charge in [0.05, 0.1) is 5.60 Å². The second kappa shape index (κ2) is 4.08. The minimum Gasteiger partial charge on any atom is -0.390 e. The van der Waals surface area contributed by atoms with E-state index in [9.17, 15) is 5.11 Å². The van der Waals surface area contributed by atoms with Gasteiger partial charge in [0, 0.05) is 2.74 Å². The maximum Gasteiger partial charge on any atom is 0.0653 e. The van der Waals surface area contributed by atoms with Gasteiger partial charge in [0.2, 0.25) is 0 Å². The molecular formula is C20H34O. The third kappa shape index (κ3) is 1.68. The highest BCUT2D eigenvalue weighted by Crippen LogP contribution is 2.74. The molecule has 0 amide bonds. The Morgan fingerprint density at radius 2 is 1.62 bits per heavy atom. The van der Waals surface area contributed by atoms with Gasteiger partial charge in [-0.05, 0) is 92.2 Å². The van der Waals surface area contributed by atoms with Crippen LogP contribution in [0.2, 0.25) is 0 Å². The summed E-state index contributed by atoms with van der Waals surface area (Å²) in [5, 5.41) is 11.0. The minimum atomic E-state index is -0.728. The molecule has 4 aliphatic rings. The molecular weight excluding hydrogens is 256 g/mol. The van der Waals surface area contributed by atoms with Gasteiger partial charge in [-0.3, -0.25) is 0 Å². The van der Waals surface area contributed by atoms with Gasteiger partial charge in [0.1, 0.15) is 0 Å². The Morgan fingerprint density at radius 1 is 0.905 bits per heavy atom. The molecule has 4 fully saturated rings. The maximum absolute atomic E-state index is 11.0. The third-order valence-corrected chi connectivity index (χ3v) is 8.37. The highest BCUT2D eigenvalue weighted by atomic mass is 16.3. The number of hydrogen-bond acceptors (Lipinski definition) is 1. The summed E-state index contributed by atoms with van der Waals surface area (Å²) < 4.78 is 17.2. The summed E-state index contributed by atoms with van der Waals surface area (Å²) in [7, 11) is 0. The molecule has 0 aromatic heterocycles. The van der Waals surface area contributed by atoms with E-state index in [0.29, 0.717) is 16.7 Å². The SMILES string of the molecule is [2H]C1C([2H])[C@@]23CC[C@H]4C(C)(C)CCC[C@]4(C)[C@H]2CC[C@](C)(O)[C@@H]13. The highest BCUT2D eigenvalue weighted by molar-refractivity contribution is 5.17. The van der Waals surface area contributed by atoms with Crippen LogP contribution in [0.1, 0.15) is 88.2 Å². The predicted molar refractivity (Wildman–Crippen MR) is 87.0 cm³/mol. The lowest BCUT2D eigenvalue weighted by Crippen LogP contribution is -2.67. The first-order valence-electron chi connectivity index (χ1n) is 10.3. The zero-order valence-electron chi connectivity index (χ0n) is 16.3. The fourth-order valence-electron chi connectivity index (χ4n) is 7.47. The van der Waals surface area contributed by atoms with E-state index in [0.717, 1.165) is 25.2 Å². The molecule has 4 aliphatic carbocycles. The minimum absolute atomic E-state index is 0.0269. The van der Waals surface area contributed by atoms with Gasteiger partial charge >= 0.3 is 0 Å². The number of hydrogen-bond donors (Lipinski definition) is 1. The molecule has 1 nitrogen and oxygen atoms in total. The van der Waals surface area contributed by atoms with Crippen molar-refractivity contribution in [3.05, 3.63) is 0 Å². The fourth-order valence-corrected chi connectivity index (χ4v) is 7.47. The molecule has 0 bridgehead atoms. The molecule has 0 aromatic rings. The molecule has 0 heterocycles. The molecule has 21 heavy (non-hydrogen) atoms. The average molecular weight is 293 g/mol. The topological polar surface area (TPSA) is 20.2 Å². The van der Waals surface area contributed by atoms with Crippen molar-refractivity contribution < 1.29 is 7.85 Å². The van der Waals surface area contributed by atoms with E-state index in [-0.39, 0.29) is 24.1 Å². The summed E-state index contributed by atoms with van der Waals surface area (Å²) in [4.78, 5) is 0. The van der Waals surface area contributed by atoms with E-state index >= 15 is 0 Å². The van der Waals surface area contributed by atoms with Gasteiger partial charge < -0.3 is 5.11 Å². The van der Waals surface area contributed by atoms with Crippen LogP contribution in [0.25, 0.3) is 0 Å². The van der Waals surface area contributed by atoms with Crippen molar-refractivity contribution in [1.82, 2.24) is 0 Å². The Hall–Kier alpha value is -0.0400. The van der Waals surface area contributed by atoms with Crippen molar-refractivity contribution in [1.29, 1.82) is 0 Å². The Balaban J connectivity index is 1.78. The molecule has 8 atom stereocenters. The van der Waals surface area contributed by atoms with Gasteiger partial charge in [0.15, 0.2) is 0 Å². The summed E-state index contributed by atoms with van der Waals surface area (Å²) in [6.45, 7) is 9.36. The van der Waals surface area contributed by atoms with Gasteiger partial charge in [-0.2, -0.15) is 0 Å². The van der Waals surface area contributed by atoms with E-state index in [1.807, 2.05) is 6.92 Å². The van der Waals surface area contributed by atoms with Crippen molar-refractivity contribution in [2.24, 2.45) is 34.0 Å². The monoisotopic (exact) mass is 292 g/mol. The van der Waals surface area contributed by atoms with Crippen LogP contribution in [-0.2, 0) is 0 Å². The van der Waals surface area contributed by atoms with E-state index in [1.54, 1.807) is 0 Å². The standard InChI is InChI=1S/C20H34O/c1-17(2)9-5-10-18(3)14(17)7-12-20-13-8-16(20)19(4,21)11-6-15(18)20/h14-16,21H,5-13H2,1-4H3/t14-,15+,16+,18-,19-,20-/m0/s1/i8D,13D/t8?,13?,14-,15+,16+,18-,19-,20-. The van der Waals surface area contributed by atoms with Crippen molar-refractivity contribution in [2.75, 3.05) is 0 Å². The van der Waals surface area contributed by atoms with Crippen LogP contribution in [0, 0.1) is 34.0 Å². The first-order valence-corrected chi connectivity index (χ1v) is 9.14. The van der Waals surface area contributed by atoms with Crippen LogP contribution in [0.4, 0.5) is 0 Å². The lowest BCUT2D eigenvalue weighted by molar-refractivity contribution is -0.256. The van der Waals surface area contributed by atoms with Gasteiger partial charge in [-0.1, -0.05) is 27.2 Å². The zero-order valence-corrected chi connectivity index (χ0v) is 14.3. The predicted octanol–water partition coefficient (Wildman–Crippen LogP) is 5.17. The Bertz CT molecular complexity index is 516. The third-order valence-electron chi connectivity index (χ3n) is 8.37. The van der Waals surface area contributed by atoms with E-state index in [4.69, 9.17) is 2.74 Å². The number of aliphatic hydroxyl groups is 1. The normalized spacial score (nSPS) is 66.8. The Morgan fingerprint density at radius 3 is 2.38 bits per heavy atom. The lowest BCUT2D eigenvalue weighted by atomic mass is 9.33. The summed E-state index contributed by atoms with van der Waals surface area (Å²) >= 11 is 0. The highest BCUT2D eigenvalue weighted by Gasteiger charge is 2.68. The van der Waals surface area contributed by atoms with Crippen LogP contribution >= 0.6 is 0 Å². The molecule has 1 spiro atoms. The summed E-state index contributed by atoms with van der Waals surface area (Å²) in [5.41, 5.74) is -0.0828. The second-order valence-corrected chi connectivity index (χ2v) is 9.84. The number of rotatable bonds is 0. The summed E-state index contributed by atoms with van der Waals surface area (Å²) in [5.74, 6) is 1.32. The van der Waals surface area contributed by atoms with Crippen LogP contribution in [0.3, 0.4) is 0 Å². The summed E-state index contributed by atoms with van der Waals surface area (Å²) in [6, 6.07) is 0. The molecule has 1 N–H and O–H groups in total. The first-order chi connectivity index (χ1) is 10.6. The van der Waals surface area contributed by atoms with Crippen molar-refractivity contribution in [3.8, 4) is 0 Å². The van der Waals surface area contributed by atoms with Gasteiger partial charge in [-0.15, -0.1) is 0 Å². The average Bonchev–Trinajstić information content (AvgIpc) is 2.44. The molecule has 0 radical (unpaired) electrons. The lowest BCUT2D eigenvalue weighted by Gasteiger charge is -2.72. The van der Waals surface area contributed by atoms with Crippen LogP contribution in [-0.4, -0.2) is 10.7 Å². The smallest absolute Gasteiger partial charge is 0.0653 e. The molecule has 1 heteroatoms. The number of fused-ring (bicyclic) bond motifs is 2. The molecule has 0 saturated heterocycles. The van der Waals surface area contributed by atoms with Crippen molar-refractivity contribution >= 4 is 0 Å². The second-order valence-electron chi connectivity index (χ2n) is 9.84. The van der Waals surface area contributed by atoms with Crippen molar-refractivity contribution in [3.63, 3.8) is 0 Å². The van der Waals surface area contributed by atoms with Crippen LogP contribution in [0.5, 0.6) is 0 Å². The van der Waals surface area contributed by atoms with Crippen LogP contribution < -0.4 is 0 Å². The van der Waals surface area contributed by atoms with E-state index in [1.165, 1.54) is 25.7 Å². The summed E-state index contributed by atoms with van der Waals surface area (Å²) in [6.07, 6.45) is 7.43. The quantitative estimate of drug-likeness (QED) is 0.653. The zero-order chi connectivity index (χ0) is 16.8. The Kier molecular flexibility index (Phi) is 2.40. The first kappa shape index (κ1) is 12.4. The van der Waals surface area contributed by atoms with Crippen LogP contribution in [0.15, 0.2) is 0 Å². The van der Waals surface area contributed by atoms with E-state index < -0.39 is 5.60 Å². The molecule has 4 rings (SSSR count). The molecule has 4 saturated carbocycles. The molecule has 0 aromatic carbocycles. The van der Waals surface area contributed by atoms with Crippen molar-refractivity contribution in [2.45, 2.75) is 91.0 Å². The van der Waals surface area contributed by atoms with E-state index in [2.05, 4.69) is 20.8 Å². The largest absolute Gasteiger partial charge is 0.390 e. The van der Waals surface area contributed by atoms with Gasteiger partial charge in [0.25, 0.3) is 0 Å². The fraction of sp³-hybridized carbons (Fsp3) is 1.00.